The Morgan fingerprint density at radius 3 is 2.94 bits per heavy atom. The van der Waals surface area contributed by atoms with E-state index in [1.807, 2.05) is 0 Å². The van der Waals surface area contributed by atoms with Crippen molar-refractivity contribution < 1.29 is 9.53 Å². The second-order valence-electron chi connectivity index (χ2n) is 4.14. The summed E-state index contributed by atoms with van der Waals surface area (Å²) in [4.78, 5) is 13.8. The number of rotatable bonds is 3. The Kier molecular flexibility index (Phi) is 3.97. The van der Waals surface area contributed by atoms with Crippen LogP contribution in [0.1, 0.15) is 29.5 Å². The maximum absolute atomic E-state index is 10.2. The minimum absolute atomic E-state index is 0.332. The fraction of sp³-hybridized carbons (Fsp3) is 0.462. The number of carbonyl (C=O) groups excluding carboxylic acids is 1. The number of hydrogen-bond acceptors (Lipinski definition) is 3. The number of halogens is 1. The van der Waals surface area contributed by atoms with E-state index in [-0.39, 0.29) is 0 Å². The maximum Gasteiger partial charge on any atom is 0.235 e. The van der Waals surface area contributed by atoms with Gasteiger partial charge in [-0.05, 0) is 58.8 Å². The van der Waals surface area contributed by atoms with Crippen molar-refractivity contribution in [2.24, 2.45) is 4.99 Å². The van der Waals surface area contributed by atoms with Gasteiger partial charge in [0.05, 0.1) is 18.1 Å². The topological polar surface area (TPSA) is 38.7 Å². The fourth-order valence-corrected chi connectivity index (χ4v) is 3.22. The lowest BCUT2D eigenvalue weighted by Crippen LogP contribution is -2.06. The molecule has 1 aliphatic carbocycles. The van der Waals surface area contributed by atoms with E-state index >= 15 is 0 Å². The Bertz CT molecular complexity index is 479. The molecule has 0 amide bonds. The first-order chi connectivity index (χ1) is 8.27. The summed E-state index contributed by atoms with van der Waals surface area (Å²) in [6, 6.07) is 2.11. The SMILES string of the molecule is COc1c(CN=C=O)cc2c(c1Br)CCCC2. The highest BCUT2D eigenvalue weighted by atomic mass is 79.9. The van der Waals surface area contributed by atoms with Gasteiger partial charge < -0.3 is 4.74 Å². The van der Waals surface area contributed by atoms with Gasteiger partial charge in [0.2, 0.25) is 6.08 Å². The van der Waals surface area contributed by atoms with E-state index in [1.54, 1.807) is 13.2 Å². The molecule has 1 aromatic rings. The van der Waals surface area contributed by atoms with E-state index in [1.165, 1.54) is 24.0 Å². The molecule has 3 nitrogen and oxygen atoms in total. The molecule has 0 bridgehead atoms. The number of isocyanates is 1. The molecule has 0 atom stereocenters. The summed E-state index contributed by atoms with van der Waals surface area (Å²) in [7, 11) is 1.64. The second kappa shape index (κ2) is 5.48. The van der Waals surface area contributed by atoms with Gasteiger partial charge in [-0.1, -0.05) is 0 Å². The number of fused-ring (bicyclic) bond motifs is 1. The highest BCUT2D eigenvalue weighted by Gasteiger charge is 2.19. The highest BCUT2D eigenvalue weighted by Crippen LogP contribution is 2.38. The highest BCUT2D eigenvalue weighted by molar-refractivity contribution is 9.10. The molecule has 1 aromatic carbocycles. The third kappa shape index (κ3) is 2.43. The quantitative estimate of drug-likeness (QED) is 0.635. The van der Waals surface area contributed by atoms with Crippen molar-refractivity contribution in [1.29, 1.82) is 0 Å². The van der Waals surface area contributed by atoms with Crippen LogP contribution in [0.3, 0.4) is 0 Å². The van der Waals surface area contributed by atoms with E-state index in [0.29, 0.717) is 6.54 Å². The van der Waals surface area contributed by atoms with Crippen molar-refractivity contribution in [3.05, 3.63) is 27.2 Å². The molecule has 2 rings (SSSR count). The van der Waals surface area contributed by atoms with Crippen LogP contribution in [0.4, 0.5) is 0 Å². The molecule has 0 unspecified atom stereocenters. The van der Waals surface area contributed by atoms with Gasteiger partial charge in [-0.15, -0.1) is 0 Å². The largest absolute Gasteiger partial charge is 0.495 e. The molecule has 1 aliphatic rings. The number of ether oxygens (including phenoxy) is 1. The number of benzene rings is 1. The molecule has 0 aromatic heterocycles. The molecule has 0 N–H and O–H groups in total. The minimum atomic E-state index is 0.332. The lowest BCUT2D eigenvalue weighted by Gasteiger charge is -2.21. The second-order valence-corrected chi connectivity index (χ2v) is 4.93. The van der Waals surface area contributed by atoms with Crippen LogP contribution >= 0.6 is 15.9 Å². The van der Waals surface area contributed by atoms with E-state index in [2.05, 4.69) is 27.0 Å². The standard InChI is InChI=1S/C13H14BrNO2/c1-17-13-10(7-15-8-16)6-9-4-2-3-5-11(9)12(13)14/h6H,2-5,7H2,1H3. The van der Waals surface area contributed by atoms with Gasteiger partial charge in [0.15, 0.2) is 0 Å². The van der Waals surface area contributed by atoms with Crippen molar-refractivity contribution in [2.75, 3.05) is 7.11 Å². The molecule has 90 valence electrons. The zero-order chi connectivity index (χ0) is 12.3. The number of aryl methyl sites for hydroxylation is 1. The predicted octanol–water partition coefficient (Wildman–Crippen LogP) is 3.17. The van der Waals surface area contributed by atoms with Crippen LogP contribution in [-0.4, -0.2) is 13.2 Å². The molecule has 0 spiro atoms. The maximum atomic E-state index is 10.2. The molecule has 0 saturated carbocycles. The number of nitrogens with zero attached hydrogens (tertiary/aromatic N) is 1. The Balaban J connectivity index is 2.51. The van der Waals surface area contributed by atoms with Gasteiger partial charge in [-0.3, -0.25) is 0 Å². The first-order valence-corrected chi connectivity index (χ1v) is 6.48. The Labute approximate surface area is 109 Å². The number of aliphatic imine (C=N–C) groups is 1. The molecular weight excluding hydrogens is 282 g/mol. The van der Waals surface area contributed by atoms with Gasteiger partial charge >= 0.3 is 0 Å². The smallest absolute Gasteiger partial charge is 0.235 e. The van der Waals surface area contributed by atoms with Crippen molar-refractivity contribution in [1.82, 2.24) is 0 Å². The van der Waals surface area contributed by atoms with Gasteiger partial charge in [0.25, 0.3) is 0 Å². The number of methoxy groups -OCH3 is 1. The van der Waals surface area contributed by atoms with Gasteiger partial charge in [-0.25, -0.2) is 9.79 Å². The summed E-state index contributed by atoms with van der Waals surface area (Å²) in [6.45, 7) is 0.332. The van der Waals surface area contributed by atoms with Crippen molar-refractivity contribution >= 4 is 22.0 Å². The summed E-state index contributed by atoms with van der Waals surface area (Å²) in [5.74, 6) is 0.796. The zero-order valence-electron chi connectivity index (χ0n) is 9.75. The molecule has 0 aliphatic heterocycles. The predicted molar refractivity (Wildman–Crippen MR) is 69.2 cm³/mol. The fourth-order valence-electron chi connectivity index (χ4n) is 2.35. The average molecular weight is 296 g/mol. The number of hydrogen-bond donors (Lipinski definition) is 0. The Morgan fingerprint density at radius 1 is 1.47 bits per heavy atom. The Hall–Kier alpha value is -1.12. The van der Waals surface area contributed by atoms with E-state index in [0.717, 1.165) is 28.6 Å². The molecule has 0 fully saturated rings. The zero-order valence-corrected chi connectivity index (χ0v) is 11.3. The van der Waals surface area contributed by atoms with E-state index in [9.17, 15) is 4.79 Å². The lowest BCUT2D eigenvalue weighted by atomic mass is 9.90. The van der Waals surface area contributed by atoms with Crippen molar-refractivity contribution in [3.63, 3.8) is 0 Å². The first kappa shape index (κ1) is 12.3. The van der Waals surface area contributed by atoms with Crippen LogP contribution in [-0.2, 0) is 24.2 Å². The summed E-state index contributed by atoms with van der Waals surface area (Å²) < 4.78 is 6.42. The third-order valence-electron chi connectivity index (χ3n) is 3.13. The Morgan fingerprint density at radius 2 is 2.24 bits per heavy atom. The van der Waals surface area contributed by atoms with Crippen LogP contribution < -0.4 is 4.74 Å². The van der Waals surface area contributed by atoms with Gasteiger partial charge in [-0.2, -0.15) is 0 Å². The lowest BCUT2D eigenvalue weighted by molar-refractivity contribution is 0.405. The van der Waals surface area contributed by atoms with E-state index in [4.69, 9.17) is 4.74 Å². The van der Waals surface area contributed by atoms with E-state index < -0.39 is 0 Å². The summed E-state index contributed by atoms with van der Waals surface area (Å²) in [6.07, 6.45) is 6.20. The van der Waals surface area contributed by atoms with Gasteiger partial charge in [0, 0.05) is 5.56 Å². The molecule has 0 radical (unpaired) electrons. The molecule has 0 saturated heterocycles. The normalized spacial score (nSPS) is 13.8. The molecule has 4 heteroatoms. The summed E-state index contributed by atoms with van der Waals surface area (Å²) in [5.41, 5.74) is 3.63. The average Bonchev–Trinajstić information content (AvgIpc) is 2.36. The summed E-state index contributed by atoms with van der Waals surface area (Å²) in [5, 5.41) is 0. The van der Waals surface area contributed by atoms with Crippen molar-refractivity contribution in [2.45, 2.75) is 32.2 Å². The van der Waals surface area contributed by atoms with Crippen LogP contribution in [0.25, 0.3) is 0 Å². The van der Waals surface area contributed by atoms with Crippen LogP contribution in [0.5, 0.6) is 5.75 Å². The van der Waals surface area contributed by atoms with Crippen LogP contribution in [0, 0.1) is 0 Å². The van der Waals surface area contributed by atoms with Crippen LogP contribution in [0.15, 0.2) is 15.5 Å². The van der Waals surface area contributed by atoms with Gasteiger partial charge in [0.1, 0.15) is 5.75 Å². The first-order valence-electron chi connectivity index (χ1n) is 5.68. The minimum Gasteiger partial charge on any atom is -0.495 e. The van der Waals surface area contributed by atoms with Crippen molar-refractivity contribution in [3.8, 4) is 5.75 Å². The molecule has 17 heavy (non-hydrogen) atoms. The third-order valence-corrected chi connectivity index (χ3v) is 3.97. The van der Waals surface area contributed by atoms with Crippen LogP contribution in [0.2, 0.25) is 0 Å². The summed E-state index contributed by atoms with van der Waals surface area (Å²) >= 11 is 3.60. The molecular formula is C13H14BrNO2. The molecule has 0 heterocycles. The monoisotopic (exact) mass is 295 g/mol.